The van der Waals surface area contributed by atoms with Crippen LogP contribution in [0.15, 0.2) is 23.3 Å². The molecule has 8 nitrogen and oxygen atoms in total. The van der Waals surface area contributed by atoms with Crippen molar-refractivity contribution in [1.82, 2.24) is 20.1 Å². The number of aromatic nitrogens is 1. The Balaban J connectivity index is 1.33. The van der Waals surface area contributed by atoms with Crippen LogP contribution in [0.4, 0.5) is 5.82 Å². The van der Waals surface area contributed by atoms with E-state index in [9.17, 15) is 0 Å². The minimum Gasteiger partial charge on any atom is -0.375 e. The summed E-state index contributed by atoms with van der Waals surface area (Å²) in [6.45, 7) is 8.21. The van der Waals surface area contributed by atoms with Gasteiger partial charge in [-0.05, 0) is 37.6 Å². The molecule has 2 unspecified atom stereocenters. The molecule has 3 fully saturated rings. The largest absolute Gasteiger partial charge is 0.375 e. The summed E-state index contributed by atoms with van der Waals surface area (Å²) in [5.74, 6) is 1.99. The number of hydrogen-bond acceptors (Lipinski definition) is 6. The molecule has 3 saturated heterocycles. The van der Waals surface area contributed by atoms with Gasteiger partial charge in [-0.1, -0.05) is 0 Å². The predicted octanol–water partition coefficient (Wildman–Crippen LogP) is 0.789. The van der Waals surface area contributed by atoms with E-state index >= 15 is 0 Å². The summed E-state index contributed by atoms with van der Waals surface area (Å²) in [7, 11) is 4.02. The maximum atomic E-state index is 5.97. The highest BCUT2D eigenvalue weighted by Gasteiger charge is 2.32. The Morgan fingerprint density at radius 3 is 2.76 bits per heavy atom. The van der Waals surface area contributed by atoms with Gasteiger partial charge >= 0.3 is 0 Å². The van der Waals surface area contributed by atoms with Crippen molar-refractivity contribution >= 4 is 11.8 Å². The Kier molecular flexibility index (Phi) is 6.84. The second-order valence-electron chi connectivity index (χ2n) is 8.12. The summed E-state index contributed by atoms with van der Waals surface area (Å²) in [6, 6.07) is 4.27. The van der Waals surface area contributed by atoms with Crippen molar-refractivity contribution in [3.05, 3.63) is 23.9 Å². The highest BCUT2D eigenvalue weighted by atomic mass is 16.5. The molecule has 3 aliphatic rings. The molecule has 0 spiro atoms. The lowest BCUT2D eigenvalue weighted by Gasteiger charge is -2.37. The average molecular weight is 403 g/mol. The number of rotatable bonds is 4. The summed E-state index contributed by atoms with van der Waals surface area (Å²) in [5, 5.41) is 3.53. The second kappa shape index (κ2) is 9.73. The minimum atomic E-state index is 0.134. The first-order valence-corrected chi connectivity index (χ1v) is 10.8. The van der Waals surface area contributed by atoms with Crippen LogP contribution in [0.2, 0.25) is 0 Å². The molecule has 0 aromatic carbocycles. The third-order valence-corrected chi connectivity index (χ3v) is 6.07. The molecule has 3 aliphatic heterocycles. The molecule has 4 rings (SSSR count). The van der Waals surface area contributed by atoms with Crippen LogP contribution in [-0.2, 0) is 16.0 Å². The van der Waals surface area contributed by atoms with Gasteiger partial charge in [0.05, 0.1) is 12.7 Å². The number of ether oxygens (including phenoxy) is 2. The van der Waals surface area contributed by atoms with Crippen molar-refractivity contribution in [3.63, 3.8) is 0 Å². The molecular weight excluding hydrogens is 368 g/mol. The van der Waals surface area contributed by atoms with Crippen molar-refractivity contribution in [2.24, 2.45) is 4.99 Å². The lowest BCUT2D eigenvalue weighted by molar-refractivity contribution is -0.0817. The van der Waals surface area contributed by atoms with E-state index in [0.717, 1.165) is 77.0 Å². The van der Waals surface area contributed by atoms with Gasteiger partial charge in [0.1, 0.15) is 11.9 Å². The highest BCUT2D eigenvalue weighted by molar-refractivity contribution is 5.80. The summed E-state index contributed by atoms with van der Waals surface area (Å²) >= 11 is 0. The van der Waals surface area contributed by atoms with E-state index in [2.05, 4.69) is 49.2 Å². The molecule has 0 radical (unpaired) electrons. The third kappa shape index (κ3) is 5.18. The molecule has 0 amide bonds. The first kappa shape index (κ1) is 20.4. The summed E-state index contributed by atoms with van der Waals surface area (Å²) in [5.41, 5.74) is 1.22. The van der Waals surface area contributed by atoms with E-state index < -0.39 is 0 Å². The number of aliphatic imine (C=N–C) groups is 1. The second-order valence-corrected chi connectivity index (χ2v) is 8.12. The predicted molar refractivity (Wildman–Crippen MR) is 114 cm³/mol. The van der Waals surface area contributed by atoms with Crippen LogP contribution >= 0.6 is 0 Å². The topological polar surface area (TPSA) is 65.5 Å². The van der Waals surface area contributed by atoms with Crippen molar-refractivity contribution in [2.75, 3.05) is 71.5 Å². The summed E-state index contributed by atoms with van der Waals surface area (Å²) < 4.78 is 11.8. The Bertz CT molecular complexity index is 686. The van der Waals surface area contributed by atoms with Gasteiger partial charge in [-0.3, -0.25) is 4.99 Å². The van der Waals surface area contributed by atoms with Crippen LogP contribution < -0.4 is 10.2 Å². The summed E-state index contributed by atoms with van der Waals surface area (Å²) in [6.07, 6.45) is 4.50. The van der Waals surface area contributed by atoms with Crippen molar-refractivity contribution in [2.45, 2.75) is 31.6 Å². The van der Waals surface area contributed by atoms with E-state index in [0.29, 0.717) is 6.61 Å². The number of nitrogens with one attached hydrogen (secondary N) is 1. The van der Waals surface area contributed by atoms with Gasteiger partial charge in [0, 0.05) is 65.7 Å². The zero-order chi connectivity index (χ0) is 20.1. The molecular formula is C21H34N6O2. The third-order valence-electron chi connectivity index (χ3n) is 6.07. The quantitative estimate of drug-likeness (QED) is 0.590. The fraction of sp³-hybridized carbons (Fsp3) is 0.714. The van der Waals surface area contributed by atoms with E-state index in [-0.39, 0.29) is 12.2 Å². The van der Waals surface area contributed by atoms with E-state index in [1.165, 1.54) is 5.56 Å². The maximum Gasteiger partial charge on any atom is 0.194 e. The fourth-order valence-corrected chi connectivity index (χ4v) is 4.28. The molecule has 0 aliphatic carbocycles. The molecule has 4 heterocycles. The van der Waals surface area contributed by atoms with Gasteiger partial charge < -0.3 is 29.5 Å². The first-order chi connectivity index (χ1) is 14.2. The van der Waals surface area contributed by atoms with Crippen LogP contribution in [0, 0.1) is 0 Å². The van der Waals surface area contributed by atoms with Crippen molar-refractivity contribution in [3.8, 4) is 0 Å². The Morgan fingerprint density at radius 2 is 2.00 bits per heavy atom. The number of nitrogens with zero attached hydrogens (tertiary/aromatic N) is 5. The molecule has 1 aromatic rings. The molecule has 2 atom stereocenters. The molecule has 0 saturated carbocycles. The molecule has 29 heavy (non-hydrogen) atoms. The standard InChI is InChI=1S/C21H34N6O2/c1-22-21(27-11-13-29-19(16-27)18-4-3-12-28-18)24-15-17-5-6-23-20(14-17)26-9-7-25(2)8-10-26/h5-6,14,18-19H,3-4,7-13,15-16H2,1-2H3,(H,22,24). The zero-order valence-corrected chi connectivity index (χ0v) is 17.7. The van der Waals surface area contributed by atoms with Crippen LogP contribution in [0.3, 0.4) is 0 Å². The van der Waals surface area contributed by atoms with Gasteiger partial charge in [0.2, 0.25) is 0 Å². The van der Waals surface area contributed by atoms with Gasteiger partial charge in [0.15, 0.2) is 5.96 Å². The van der Waals surface area contributed by atoms with Crippen molar-refractivity contribution in [1.29, 1.82) is 0 Å². The SMILES string of the molecule is CN=C(NCc1ccnc(N2CCN(C)CC2)c1)N1CCOC(C2CCCO2)C1. The average Bonchev–Trinajstić information content (AvgIpc) is 3.30. The lowest BCUT2D eigenvalue weighted by Crippen LogP contribution is -2.53. The van der Waals surface area contributed by atoms with E-state index in [1.54, 1.807) is 0 Å². The van der Waals surface area contributed by atoms with E-state index in [1.807, 2.05) is 13.2 Å². The number of piperazine rings is 1. The Morgan fingerprint density at radius 1 is 1.17 bits per heavy atom. The fourth-order valence-electron chi connectivity index (χ4n) is 4.28. The van der Waals surface area contributed by atoms with Gasteiger partial charge in [-0.2, -0.15) is 0 Å². The molecule has 1 N–H and O–H groups in total. The lowest BCUT2D eigenvalue weighted by atomic mass is 10.1. The Hall–Kier alpha value is -1.90. The van der Waals surface area contributed by atoms with Crippen molar-refractivity contribution < 1.29 is 9.47 Å². The number of anilines is 1. The Labute approximate surface area is 173 Å². The number of hydrogen-bond donors (Lipinski definition) is 1. The van der Waals surface area contributed by atoms with E-state index in [4.69, 9.17) is 9.47 Å². The number of likely N-dealkylation sites (N-methyl/N-ethyl adjacent to an activating group) is 1. The van der Waals surface area contributed by atoms with Gasteiger partial charge in [-0.15, -0.1) is 0 Å². The van der Waals surface area contributed by atoms with Gasteiger partial charge in [0.25, 0.3) is 0 Å². The number of morpholine rings is 1. The van der Waals surface area contributed by atoms with Crippen LogP contribution in [0.25, 0.3) is 0 Å². The van der Waals surface area contributed by atoms with Gasteiger partial charge in [-0.25, -0.2) is 4.98 Å². The smallest absolute Gasteiger partial charge is 0.194 e. The normalized spacial score (nSPS) is 26.8. The van der Waals surface area contributed by atoms with Crippen LogP contribution in [0.1, 0.15) is 18.4 Å². The minimum absolute atomic E-state index is 0.134. The van der Waals surface area contributed by atoms with Crippen LogP contribution in [-0.4, -0.2) is 99.5 Å². The maximum absolute atomic E-state index is 5.97. The molecule has 160 valence electrons. The summed E-state index contributed by atoms with van der Waals surface area (Å²) in [4.78, 5) is 16.1. The molecule has 0 bridgehead atoms. The highest BCUT2D eigenvalue weighted by Crippen LogP contribution is 2.21. The van der Waals surface area contributed by atoms with Crippen LogP contribution in [0.5, 0.6) is 0 Å². The number of guanidine groups is 1. The molecule has 8 heteroatoms. The monoisotopic (exact) mass is 402 g/mol. The first-order valence-electron chi connectivity index (χ1n) is 10.8. The number of pyridine rings is 1. The zero-order valence-electron chi connectivity index (χ0n) is 17.7. The molecule has 1 aromatic heterocycles.